The summed E-state index contributed by atoms with van der Waals surface area (Å²) in [6.45, 7) is 0. The highest BCUT2D eigenvalue weighted by atomic mass is 79.9. The average molecular weight is 329 g/mol. The molecular formula is C11H7Br2NO. The van der Waals surface area contributed by atoms with Crippen LogP contribution in [0.1, 0.15) is 0 Å². The summed E-state index contributed by atoms with van der Waals surface area (Å²) in [6.07, 6.45) is 1.70. The number of hydrogen-bond donors (Lipinski definition) is 0. The Morgan fingerprint density at radius 3 is 2.53 bits per heavy atom. The van der Waals surface area contributed by atoms with Crippen molar-refractivity contribution in [2.45, 2.75) is 0 Å². The third-order valence-electron chi connectivity index (χ3n) is 1.75. The number of aromatic nitrogens is 1. The monoisotopic (exact) mass is 327 g/mol. The van der Waals surface area contributed by atoms with Gasteiger partial charge in [-0.1, -0.05) is 6.07 Å². The van der Waals surface area contributed by atoms with Gasteiger partial charge in [-0.25, -0.2) is 4.98 Å². The molecule has 76 valence electrons. The van der Waals surface area contributed by atoms with E-state index >= 15 is 0 Å². The minimum atomic E-state index is 0.590. The predicted octanol–water partition coefficient (Wildman–Crippen LogP) is 4.40. The average Bonchev–Trinajstić information content (AvgIpc) is 2.25. The lowest BCUT2D eigenvalue weighted by atomic mass is 10.3. The van der Waals surface area contributed by atoms with Crippen LogP contribution >= 0.6 is 31.9 Å². The van der Waals surface area contributed by atoms with Crippen molar-refractivity contribution in [2.24, 2.45) is 0 Å². The highest BCUT2D eigenvalue weighted by Crippen LogP contribution is 2.29. The molecule has 0 amide bonds. The smallest absolute Gasteiger partial charge is 0.219 e. The van der Waals surface area contributed by atoms with Crippen LogP contribution in [0, 0.1) is 0 Å². The summed E-state index contributed by atoms with van der Waals surface area (Å²) < 4.78 is 7.50. The molecule has 0 radical (unpaired) electrons. The fraction of sp³-hybridized carbons (Fsp3) is 0. The summed E-state index contributed by atoms with van der Waals surface area (Å²) in [4.78, 5) is 4.08. The Morgan fingerprint density at radius 1 is 1.00 bits per heavy atom. The summed E-state index contributed by atoms with van der Waals surface area (Å²) in [5.41, 5.74) is 0. The molecule has 1 aromatic heterocycles. The van der Waals surface area contributed by atoms with E-state index < -0.39 is 0 Å². The third kappa shape index (κ3) is 2.79. The van der Waals surface area contributed by atoms with Crippen LogP contribution in [0.25, 0.3) is 0 Å². The standard InChI is InChI=1S/C11H7Br2NO/c12-9-5-4-8(7-10(9)13)15-11-3-1-2-6-14-11/h1-7H. The van der Waals surface area contributed by atoms with Gasteiger partial charge in [0.1, 0.15) is 5.75 Å². The predicted molar refractivity (Wildman–Crippen MR) is 66.2 cm³/mol. The molecule has 1 aromatic carbocycles. The molecule has 0 saturated carbocycles. The van der Waals surface area contributed by atoms with E-state index in [1.807, 2.05) is 36.4 Å². The lowest BCUT2D eigenvalue weighted by molar-refractivity contribution is 0.462. The second kappa shape index (κ2) is 4.77. The van der Waals surface area contributed by atoms with E-state index in [0.717, 1.165) is 14.7 Å². The van der Waals surface area contributed by atoms with Gasteiger partial charge in [-0.15, -0.1) is 0 Å². The molecular weight excluding hydrogens is 322 g/mol. The second-order valence-corrected chi connectivity index (χ2v) is 4.55. The van der Waals surface area contributed by atoms with Crippen molar-refractivity contribution in [3.05, 3.63) is 51.5 Å². The van der Waals surface area contributed by atoms with Gasteiger partial charge < -0.3 is 4.74 Å². The maximum Gasteiger partial charge on any atom is 0.219 e. The number of nitrogens with zero attached hydrogens (tertiary/aromatic N) is 1. The molecule has 0 fully saturated rings. The lowest BCUT2D eigenvalue weighted by Crippen LogP contribution is -1.86. The third-order valence-corrected chi connectivity index (χ3v) is 3.63. The fourth-order valence-corrected chi connectivity index (χ4v) is 1.67. The summed E-state index contributed by atoms with van der Waals surface area (Å²) >= 11 is 6.81. The van der Waals surface area contributed by atoms with Crippen molar-refractivity contribution >= 4 is 31.9 Å². The Labute approximate surface area is 105 Å². The highest BCUT2D eigenvalue weighted by molar-refractivity contribution is 9.13. The highest BCUT2D eigenvalue weighted by Gasteiger charge is 2.01. The topological polar surface area (TPSA) is 22.1 Å². The van der Waals surface area contributed by atoms with Crippen molar-refractivity contribution < 1.29 is 4.74 Å². The van der Waals surface area contributed by atoms with E-state index in [9.17, 15) is 0 Å². The van der Waals surface area contributed by atoms with Crippen LogP contribution in [-0.4, -0.2) is 4.98 Å². The molecule has 0 atom stereocenters. The zero-order valence-electron chi connectivity index (χ0n) is 7.65. The Morgan fingerprint density at radius 2 is 1.87 bits per heavy atom. The van der Waals surface area contributed by atoms with Crippen molar-refractivity contribution in [1.29, 1.82) is 0 Å². The van der Waals surface area contributed by atoms with Gasteiger partial charge in [0, 0.05) is 21.2 Å². The molecule has 0 N–H and O–H groups in total. The first-order valence-corrected chi connectivity index (χ1v) is 5.88. The first-order chi connectivity index (χ1) is 7.25. The summed E-state index contributed by atoms with van der Waals surface area (Å²) in [6, 6.07) is 11.2. The minimum absolute atomic E-state index is 0.590. The molecule has 0 unspecified atom stereocenters. The SMILES string of the molecule is Brc1ccc(Oc2ccccn2)cc1Br. The molecule has 15 heavy (non-hydrogen) atoms. The van der Waals surface area contributed by atoms with E-state index in [2.05, 4.69) is 36.8 Å². The molecule has 2 aromatic rings. The van der Waals surface area contributed by atoms with Gasteiger partial charge in [0.25, 0.3) is 0 Å². The van der Waals surface area contributed by atoms with Gasteiger partial charge in [-0.05, 0) is 56.1 Å². The molecule has 0 aliphatic rings. The van der Waals surface area contributed by atoms with Crippen LogP contribution in [0.5, 0.6) is 11.6 Å². The number of hydrogen-bond acceptors (Lipinski definition) is 2. The van der Waals surface area contributed by atoms with E-state index in [4.69, 9.17) is 4.74 Å². The van der Waals surface area contributed by atoms with Crippen molar-refractivity contribution in [3.8, 4) is 11.6 Å². The molecule has 0 aliphatic heterocycles. The molecule has 1 heterocycles. The van der Waals surface area contributed by atoms with Gasteiger partial charge in [-0.3, -0.25) is 0 Å². The Bertz CT molecular complexity index is 459. The van der Waals surface area contributed by atoms with Crippen molar-refractivity contribution in [3.63, 3.8) is 0 Å². The number of benzene rings is 1. The van der Waals surface area contributed by atoms with Crippen molar-refractivity contribution in [1.82, 2.24) is 4.98 Å². The van der Waals surface area contributed by atoms with Crippen LogP contribution < -0.4 is 4.74 Å². The molecule has 0 bridgehead atoms. The summed E-state index contributed by atoms with van der Waals surface area (Å²) in [5.74, 6) is 1.34. The van der Waals surface area contributed by atoms with Gasteiger partial charge in [0.05, 0.1) is 0 Å². The lowest BCUT2D eigenvalue weighted by Gasteiger charge is -2.05. The summed E-state index contributed by atoms with van der Waals surface area (Å²) in [7, 11) is 0. The minimum Gasteiger partial charge on any atom is -0.439 e. The van der Waals surface area contributed by atoms with Gasteiger partial charge in [-0.2, -0.15) is 0 Å². The Hall–Kier alpha value is -0.870. The molecule has 0 saturated heterocycles. The van der Waals surface area contributed by atoms with Crippen LogP contribution in [0.3, 0.4) is 0 Å². The molecule has 2 rings (SSSR count). The molecule has 2 nitrogen and oxygen atoms in total. The zero-order valence-corrected chi connectivity index (χ0v) is 10.8. The Balaban J connectivity index is 2.22. The normalized spacial score (nSPS) is 10.0. The van der Waals surface area contributed by atoms with E-state index in [0.29, 0.717) is 5.88 Å². The van der Waals surface area contributed by atoms with Gasteiger partial charge in [0.15, 0.2) is 0 Å². The maximum atomic E-state index is 5.55. The number of halogens is 2. The van der Waals surface area contributed by atoms with Crippen molar-refractivity contribution in [2.75, 3.05) is 0 Å². The summed E-state index contributed by atoms with van der Waals surface area (Å²) in [5, 5.41) is 0. The van der Waals surface area contributed by atoms with Crippen LogP contribution in [0.2, 0.25) is 0 Å². The van der Waals surface area contributed by atoms with Crippen LogP contribution in [-0.2, 0) is 0 Å². The second-order valence-electron chi connectivity index (χ2n) is 2.85. The quantitative estimate of drug-likeness (QED) is 0.815. The van der Waals surface area contributed by atoms with E-state index in [1.165, 1.54) is 0 Å². The molecule has 0 aliphatic carbocycles. The number of pyridine rings is 1. The number of rotatable bonds is 2. The Kier molecular flexibility index (Phi) is 3.38. The number of ether oxygens (including phenoxy) is 1. The fourth-order valence-electron chi connectivity index (χ4n) is 1.07. The maximum absolute atomic E-state index is 5.55. The van der Waals surface area contributed by atoms with Gasteiger partial charge in [0.2, 0.25) is 5.88 Å². The largest absolute Gasteiger partial charge is 0.439 e. The van der Waals surface area contributed by atoms with E-state index in [1.54, 1.807) is 6.20 Å². The molecule has 4 heteroatoms. The van der Waals surface area contributed by atoms with Crippen LogP contribution in [0.4, 0.5) is 0 Å². The zero-order chi connectivity index (χ0) is 10.7. The van der Waals surface area contributed by atoms with E-state index in [-0.39, 0.29) is 0 Å². The van der Waals surface area contributed by atoms with Crippen LogP contribution in [0.15, 0.2) is 51.5 Å². The van der Waals surface area contributed by atoms with Gasteiger partial charge >= 0.3 is 0 Å². The molecule has 0 spiro atoms. The first-order valence-electron chi connectivity index (χ1n) is 4.29. The first kappa shape index (κ1) is 10.6.